The topological polar surface area (TPSA) is 78.0 Å². The van der Waals surface area contributed by atoms with Gasteiger partial charge in [0, 0.05) is 29.1 Å². The summed E-state index contributed by atoms with van der Waals surface area (Å²) >= 11 is 5.72. The highest BCUT2D eigenvalue weighted by molar-refractivity contribution is 6.44. The van der Waals surface area contributed by atoms with Crippen LogP contribution in [0.2, 0.25) is 10.8 Å². The zero-order chi connectivity index (χ0) is 28.4. The van der Waals surface area contributed by atoms with E-state index in [1.807, 2.05) is 0 Å². The molecule has 2 aromatic rings. The van der Waals surface area contributed by atoms with Gasteiger partial charge < -0.3 is 14.5 Å². The molecule has 0 aromatic heterocycles. The standard InChI is InChI=1S/C22H12B6ClF2N3O4/c23-15-8-16(35)33(27)18(37)20(15,24)32-9-10-7-12(3-6-14(10)17(32)36)22(25,26)34(28)19(38)21(30,31)11-1-4-13(29)5-2-11/h1-7,15H,8-9H2. The number of nitrogens with zero attached hydrogens (tertiary/aromatic N) is 3. The van der Waals surface area contributed by atoms with Gasteiger partial charge in [-0.25, -0.2) is 0 Å². The number of piperidine rings is 1. The maximum absolute atomic E-state index is 14.9. The van der Waals surface area contributed by atoms with Crippen molar-refractivity contribution in [2.24, 2.45) is 0 Å². The summed E-state index contributed by atoms with van der Waals surface area (Å²) in [4.78, 5) is 51.7. The lowest BCUT2D eigenvalue weighted by atomic mass is 9.55. The number of rotatable bonds is 5. The lowest BCUT2D eigenvalue weighted by Crippen LogP contribution is -2.66. The van der Waals surface area contributed by atoms with Crippen molar-refractivity contribution < 1.29 is 28.0 Å². The Morgan fingerprint density at radius 2 is 1.66 bits per heavy atom. The number of benzene rings is 2. The average molecular weight is 521 g/mol. The smallest absolute Gasteiger partial charge is 0.348 e. The summed E-state index contributed by atoms with van der Waals surface area (Å²) in [6, 6.07) is 7.97. The molecule has 2 aliphatic heterocycles. The second-order valence-electron chi connectivity index (χ2n) is 9.05. The van der Waals surface area contributed by atoms with Crippen LogP contribution in [0.15, 0.2) is 42.5 Å². The van der Waals surface area contributed by atoms with Gasteiger partial charge in [-0.3, -0.25) is 19.2 Å². The van der Waals surface area contributed by atoms with E-state index < -0.39 is 58.1 Å². The minimum atomic E-state index is -4.11. The molecule has 0 bridgehead atoms. The number of imide groups is 1. The summed E-state index contributed by atoms with van der Waals surface area (Å²) in [7, 11) is 35.5. The molecule has 16 heteroatoms. The van der Waals surface area contributed by atoms with Gasteiger partial charge in [-0.05, 0) is 40.5 Å². The first-order valence-electron chi connectivity index (χ1n) is 11.0. The van der Waals surface area contributed by atoms with Crippen LogP contribution in [0, 0.1) is 0 Å². The van der Waals surface area contributed by atoms with E-state index in [4.69, 9.17) is 58.9 Å². The Morgan fingerprint density at radius 1 is 1.08 bits per heavy atom. The molecule has 0 spiro atoms. The Hall–Kier alpha value is -2.94. The molecule has 1 saturated heterocycles. The molecule has 0 N–H and O–H groups in total. The maximum atomic E-state index is 14.9. The van der Waals surface area contributed by atoms with Crippen LogP contribution in [-0.2, 0) is 32.2 Å². The normalized spacial score (nSPS) is 22.0. The predicted molar refractivity (Wildman–Crippen MR) is 138 cm³/mol. The molecule has 38 heavy (non-hydrogen) atoms. The van der Waals surface area contributed by atoms with Gasteiger partial charge in [0.15, 0.2) is 0 Å². The largest absolute Gasteiger partial charge is 0.398 e. The first kappa shape index (κ1) is 28.1. The number of carbonyl (C=O) groups excluding carboxylic acids is 4. The van der Waals surface area contributed by atoms with E-state index in [1.165, 1.54) is 30.3 Å². The third-order valence-electron chi connectivity index (χ3n) is 6.70. The molecule has 0 saturated carbocycles. The van der Waals surface area contributed by atoms with Gasteiger partial charge in [0.2, 0.25) is 27.8 Å². The maximum Gasteiger partial charge on any atom is 0.348 e. The zero-order valence-corrected chi connectivity index (χ0v) is 20.4. The lowest BCUT2D eigenvalue weighted by Gasteiger charge is -2.48. The SMILES string of the molecule is [B]C1CC(=O)N([B])C(=O)C1([B])N1Cc2cc(C([B])([B])N([B])C(=O)C(F)(F)c3ccc(Cl)cc3)ccc2C1=O. The molecule has 178 valence electrons. The third kappa shape index (κ3) is 4.19. The first-order valence-corrected chi connectivity index (χ1v) is 11.3. The second kappa shape index (κ2) is 9.36. The van der Waals surface area contributed by atoms with Gasteiger partial charge in [-0.15, -0.1) is 0 Å². The Morgan fingerprint density at radius 3 is 2.26 bits per heavy atom. The molecule has 2 unspecified atom stereocenters. The number of fused-ring (bicyclic) bond motifs is 1. The van der Waals surface area contributed by atoms with Crippen LogP contribution in [0.1, 0.15) is 33.5 Å². The lowest BCUT2D eigenvalue weighted by molar-refractivity contribution is -0.155. The average Bonchev–Trinajstić information content (AvgIpc) is 3.21. The fraction of sp³-hybridized carbons (Fsp3) is 0.273. The van der Waals surface area contributed by atoms with Crippen molar-refractivity contribution in [3.63, 3.8) is 0 Å². The van der Waals surface area contributed by atoms with Gasteiger partial charge in [0.05, 0.1) is 29.0 Å². The van der Waals surface area contributed by atoms with Crippen LogP contribution in [0.25, 0.3) is 0 Å². The van der Waals surface area contributed by atoms with E-state index >= 15 is 0 Å². The highest BCUT2D eigenvalue weighted by Gasteiger charge is 2.53. The van der Waals surface area contributed by atoms with Crippen LogP contribution in [-0.4, -0.2) is 90.9 Å². The molecule has 4 amide bonds. The summed E-state index contributed by atoms with van der Waals surface area (Å²) in [6.45, 7) is -0.296. The van der Waals surface area contributed by atoms with Crippen molar-refractivity contribution in [1.29, 1.82) is 0 Å². The summed E-state index contributed by atoms with van der Waals surface area (Å²) in [5.41, 5.74) is -2.67. The quantitative estimate of drug-likeness (QED) is 0.414. The highest BCUT2D eigenvalue weighted by atomic mass is 35.5. The molecule has 2 aliphatic rings. The monoisotopic (exact) mass is 521 g/mol. The van der Waals surface area contributed by atoms with Gasteiger partial charge in [0.1, 0.15) is 7.85 Å². The Labute approximate surface area is 230 Å². The van der Waals surface area contributed by atoms with Gasteiger partial charge in [-0.1, -0.05) is 35.9 Å². The van der Waals surface area contributed by atoms with Gasteiger partial charge >= 0.3 is 5.92 Å². The number of alkyl halides is 2. The van der Waals surface area contributed by atoms with Crippen molar-refractivity contribution >= 4 is 82.6 Å². The fourth-order valence-corrected chi connectivity index (χ4v) is 4.46. The molecule has 2 aromatic carbocycles. The van der Waals surface area contributed by atoms with Crippen molar-refractivity contribution in [1.82, 2.24) is 14.5 Å². The van der Waals surface area contributed by atoms with Crippen LogP contribution in [0.4, 0.5) is 8.78 Å². The van der Waals surface area contributed by atoms with Crippen molar-refractivity contribution in [3.05, 3.63) is 69.7 Å². The van der Waals surface area contributed by atoms with Crippen molar-refractivity contribution in [2.75, 3.05) is 0 Å². The zero-order valence-electron chi connectivity index (χ0n) is 19.6. The van der Waals surface area contributed by atoms with Crippen LogP contribution in [0.3, 0.4) is 0 Å². The van der Waals surface area contributed by atoms with Gasteiger partial charge in [0.25, 0.3) is 11.8 Å². The van der Waals surface area contributed by atoms with Crippen LogP contribution < -0.4 is 0 Å². The fourth-order valence-electron chi connectivity index (χ4n) is 4.33. The minimum Gasteiger partial charge on any atom is -0.398 e. The van der Waals surface area contributed by atoms with E-state index in [-0.39, 0.29) is 33.1 Å². The minimum absolute atomic E-state index is 0.0131. The third-order valence-corrected chi connectivity index (χ3v) is 6.95. The van der Waals surface area contributed by atoms with Crippen molar-refractivity contribution in [3.8, 4) is 0 Å². The predicted octanol–water partition coefficient (Wildman–Crippen LogP) is 0.111. The van der Waals surface area contributed by atoms with Crippen molar-refractivity contribution in [2.45, 2.75) is 35.5 Å². The highest BCUT2D eigenvalue weighted by Crippen LogP contribution is 2.40. The number of halogens is 3. The molecule has 1 fully saturated rings. The first-order chi connectivity index (χ1) is 17.5. The van der Waals surface area contributed by atoms with E-state index in [1.54, 1.807) is 0 Å². The number of carbonyl (C=O) groups is 4. The molecule has 7 nitrogen and oxygen atoms in total. The van der Waals surface area contributed by atoms with Crippen LogP contribution in [0.5, 0.6) is 0 Å². The molecule has 2 heterocycles. The van der Waals surface area contributed by atoms with E-state index in [2.05, 4.69) is 0 Å². The molecular weight excluding hydrogens is 509 g/mol. The van der Waals surface area contributed by atoms with E-state index in [9.17, 15) is 28.0 Å². The molecule has 0 aliphatic carbocycles. The Kier molecular flexibility index (Phi) is 6.92. The molecule has 12 radical (unpaired) electrons. The van der Waals surface area contributed by atoms with Crippen LogP contribution >= 0.6 is 11.6 Å². The molecule has 4 rings (SSSR count). The van der Waals surface area contributed by atoms with E-state index in [0.717, 1.165) is 17.0 Å². The molecular formula is C22H12B6ClF2N3O4. The number of hydrogen-bond acceptors (Lipinski definition) is 4. The molecule has 2 atom stereocenters. The second-order valence-corrected chi connectivity index (χ2v) is 9.49. The number of hydrogen-bond donors (Lipinski definition) is 0. The van der Waals surface area contributed by atoms with E-state index in [0.29, 0.717) is 4.81 Å². The number of amides is 4. The van der Waals surface area contributed by atoms with Gasteiger partial charge in [-0.2, -0.15) is 8.78 Å². The Bertz CT molecular complexity index is 1370. The summed E-state index contributed by atoms with van der Waals surface area (Å²) in [5.74, 6) is -9.85. The summed E-state index contributed by atoms with van der Waals surface area (Å²) in [5, 5.41) is -2.28. The summed E-state index contributed by atoms with van der Waals surface area (Å²) < 4.78 is 29.8. The summed E-state index contributed by atoms with van der Waals surface area (Å²) in [6.07, 6.45) is -0.398. The Balaban J connectivity index is 1.63.